The summed E-state index contributed by atoms with van der Waals surface area (Å²) in [5, 5.41) is 0. The molecule has 0 aliphatic carbocycles. The number of carbonyl (C=O) groups is 2. The number of rotatable bonds is 3. The van der Waals surface area contributed by atoms with Crippen LogP contribution in [0.15, 0.2) is 66.4 Å². The minimum absolute atomic E-state index is 0.0765. The maximum Gasteiger partial charge on any atom is 0.383 e. The third-order valence-corrected chi connectivity index (χ3v) is 2.83. The van der Waals surface area contributed by atoms with Gasteiger partial charge in [0, 0.05) is 0 Å². The maximum atomic E-state index is 11.8. The number of para-hydroxylation sites is 1. The molecule has 0 saturated carbocycles. The zero-order valence-electron chi connectivity index (χ0n) is 10.4. The Kier molecular flexibility index (Phi) is 3.05. The van der Waals surface area contributed by atoms with Crippen LogP contribution in [0.25, 0.3) is 5.57 Å². The third kappa shape index (κ3) is 2.19. The summed E-state index contributed by atoms with van der Waals surface area (Å²) in [5.74, 6) is -1.06. The van der Waals surface area contributed by atoms with Gasteiger partial charge in [0.1, 0.15) is 11.3 Å². The number of benzene rings is 2. The average molecular weight is 266 g/mol. The number of carbonyl (C=O) groups excluding carboxylic acids is 2. The van der Waals surface area contributed by atoms with E-state index in [0.717, 1.165) is 0 Å². The molecular weight excluding hydrogens is 256 g/mol. The van der Waals surface area contributed by atoms with Crippen LogP contribution in [-0.2, 0) is 14.3 Å². The molecule has 0 spiro atoms. The number of cyclic esters (lactones) is 2. The van der Waals surface area contributed by atoms with Crippen molar-refractivity contribution in [2.24, 2.45) is 0 Å². The van der Waals surface area contributed by atoms with Crippen LogP contribution in [0.4, 0.5) is 0 Å². The van der Waals surface area contributed by atoms with Crippen LogP contribution in [0.5, 0.6) is 5.75 Å². The fraction of sp³-hybridized carbons (Fsp3) is 0. The molecule has 20 heavy (non-hydrogen) atoms. The first-order valence-corrected chi connectivity index (χ1v) is 6.05. The molecule has 98 valence electrons. The van der Waals surface area contributed by atoms with Crippen LogP contribution in [-0.4, -0.2) is 11.9 Å². The number of esters is 2. The molecule has 0 bridgehead atoms. The summed E-state index contributed by atoms with van der Waals surface area (Å²) in [6, 6.07) is 17.6. The molecule has 0 saturated heterocycles. The molecule has 3 rings (SSSR count). The lowest BCUT2D eigenvalue weighted by atomic mass is 10.1. The Morgan fingerprint density at radius 3 is 2.00 bits per heavy atom. The average Bonchev–Trinajstić information content (AvgIpc) is 2.75. The topological polar surface area (TPSA) is 52.6 Å². The van der Waals surface area contributed by atoms with Crippen molar-refractivity contribution in [1.29, 1.82) is 0 Å². The summed E-state index contributed by atoms with van der Waals surface area (Å²) in [7, 11) is 0. The minimum atomic E-state index is -0.766. The molecule has 1 heterocycles. The van der Waals surface area contributed by atoms with Gasteiger partial charge in [-0.3, -0.25) is 0 Å². The lowest BCUT2D eigenvalue weighted by molar-refractivity contribution is -0.151. The summed E-state index contributed by atoms with van der Waals surface area (Å²) < 4.78 is 10.1. The molecule has 0 radical (unpaired) electrons. The first-order valence-electron chi connectivity index (χ1n) is 6.05. The van der Waals surface area contributed by atoms with E-state index in [4.69, 9.17) is 4.74 Å². The monoisotopic (exact) mass is 266 g/mol. The molecule has 0 fully saturated rings. The Hall–Kier alpha value is -2.88. The van der Waals surface area contributed by atoms with Gasteiger partial charge in [-0.25, -0.2) is 9.59 Å². The smallest absolute Gasteiger partial charge is 0.383 e. The SMILES string of the molecule is O=C1OC(=O)C(c2ccccc2)=C1Oc1ccccc1. The van der Waals surface area contributed by atoms with Crippen LogP contribution in [0, 0.1) is 0 Å². The third-order valence-electron chi connectivity index (χ3n) is 2.83. The molecule has 0 amide bonds. The summed E-state index contributed by atoms with van der Waals surface area (Å²) >= 11 is 0. The zero-order chi connectivity index (χ0) is 13.9. The van der Waals surface area contributed by atoms with E-state index in [1.807, 2.05) is 12.1 Å². The quantitative estimate of drug-likeness (QED) is 0.633. The van der Waals surface area contributed by atoms with Crippen molar-refractivity contribution in [2.75, 3.05) is 0 Å². The fourth-order valence-electron chi connectivity index (χ4n) is 1.93. The Labute approximate surface area is 115 Å². The fourth-order valence-corrected chi connectivity index (χ4v) is 1.93. The largest absolute Gasteiger partial charge is 0.449 e. The van der Waals surface area contributed by atoms with Crippen LogP contribution in [0.3, 0.4) is 0 Å². The zero-order valence-corrected chi connectivity index (χ0v) is 10.4. The first kappa shape index (κ1) is 12.2. The summed E-state index contributed by atoms with van der Waals surface area (Å²) in [5.41, 5.74) is 0.744. The molecule has 0 atom stereocenters. The Morgan fingerprint density at radius 1 is 0.750 bits per heavy atom. The van der Waals surface area contributed by atoms with Gasteiger partial charge in [-0.2, -0.15) is 0 Å². The second kappa shape index (κ2) is 5.01. The standard InChI is InChI=1S/C16H10O4/c17-15-13(11-7-3-1-4-8-11)14(16(18)20-15)19-12-9-5-2-6-10-12/h1-10H. The van der Waals surface area contributed by atoms with Gasteiger partial charge in [0.25, 0.3) is 0 Å². The molecular formula is C16H10O4. The maximum absolute atomic E-state index is 11.8. The first-order chi connectivity index (χ1) is 9.75. The Morgan fingerprint density at radius 2 is 1.35 bits per heavy atom. The van der Waals surface area contributed by atoms with Crippen molar-refractivity contribution in [3.8, 4) is 5.75 Å². The minimum Gasteiger partial charge on any atom is -0.449 e. The van der Waals surface area contributed by atoms with Gasteiger partial charge in [0.05, 0.1) is 0 Å². The van der Waals surface area contributed by atoms with Crippen LogP contribution < -0.4 is 4.74 Å². The highest BCUT2D eigenvalue weighted by atomic mass is 16.6. The van der Waals surface area contributed by atoms with Gasteiger partial charge in [-0.15, -0.1) is 0 Å². The lowest BCUT2D eigenvalue weighted by Crippen LogP contribution is -2.06. The van der Waals surface area contributed by atoms with Crippen molar-refractivity contribution >= 4 is 17.5 Å². The van der Waals surface area contributed by atoms with E-state index < -0.39 is 11.9 Å². The molecule has 0 unspecified atom stereocenters. The molecule has 2 aromatic rings. The van der Waals surface area contributed by atoms with E-state index in [0.29, 0.717) is 11.3 Å². The number of hydrogen-bond donors (Lipinski definition) is 0. The van der Waals surface area contributed by atoms with E-state index in [9.17, 15) is 9.59 Å². The Balaban J connectivity index is 2.05. The summed E-state index contributed by atoms with van der Waals surface area (Å²) in [6.45, 7) is 0. The number of ether oxygens (including phenoxy) is 2. The van der Waals surface area contributed by atoms with Gasteiger partial charge in [0.2, 0.25) is 5.76 Å². The van der Waals surface area contributed by atoms with E-state index in [1.54, 1.807) is 48.5 Å². The summed E-state index contributed by atoms with van der Waals surface area (Å²) in [4.78, 5) is 23.6. The lowest BCUT2D eigenvalue weighted by Gasteiger charge is -2.05. The molecule has 0 aromatic heterocycles. The second-order valence-electron chi connectivity index (χ2n) is 4.16. The predicted octanol–water partition coefficient (Wildman–Crippen LogP) is 2.56. The van der Waals surface area contributed by atoms with Crippen molar-refractivity contribution in [3.63, 3.8) is 0 Å². The second-order valence-corrected chi connectivity index (χ2v) is 4.16. The summed E-state index contributed by atoms with van der Waals surface area (Å²) in [6.07, 6.45) is 0. The van der Waals surface area contributed by atoms with Crippen molar-refractivity contribution in [1.82, 2.24) is 0 Å². The predicted molar refractivity (Wildman–Crippen MR) is 71.5 cm³/mol. The molecule has 1 aliphatic heterocycles. The Bertz CT molecular complexity index is 687. The normalized spacial score (nSPS) is 14.4. The van der Waals surface area contributed by atoms with E-state index in [-0.39, 0.29) is 11.3 Å². The van der Waals surface area contributed by atoms with Crippen LogP contribution in [0.2, 0.25) is 0 Å². The highest BCUT2D eigenvalue weighted by molar-refractivity contribution is 6.30. The van der Waals surface area contributed by atoms with Crippen LogP contribution in [0.1, 0.15) is 5.56 Å². The number of hydrogen-bond acceptors (Lipinski definition) is 4. The van der Waals surface area contributed by atoms with Gasteiger partial charge in [-0.05, 0) is 17.7 Å². The van der Waals surface area contributed by atoms with Crippen molar-refractivity contribution in [2.45, 2.75) is 0 Å². The van der Waals surface area contributed by atoms with Gasteiger partial charge < -0.3 is 9.47 Å². The van der Waals surface area contributed by atoms with Gasteiger partial charge in [0.15, 0.2) is 0 Å². The van der Waals surface area contributed by atoms with Gasteiger partial charge in [-0.1, -0.05) is 48.5 Å². The van der Waals surface area contributed by atoms with Crippen molar-refractivity contribution in [3.05, 3.63) is 72.0 Å². The van der Waals surface area contributed by atoms with E-state index in [2.05, 4.69) is 4.74 Å². The van der Waals surface area contributed by atoms with E-state index in [1.165, 1.54) is 0 Å². The highest BCUT2D eigenvalue weighted by Crippen LogP contribution is 2.29. The molecule has 4 heteroatoms. The van der Waals surface area contributed by atoms with E-state index >= 15 is 0 Å². The molecule has 2 aromatic carbocycles. The van der Waals surface area contributed by atoms with Crippen LogP contribution >= 0.6 is 0 Å². The van der Waals surface area contributed by atoms with Gasteiger partial charge >= 0.3 is 11.9 Å². The highest BCUT2D eigenvalue weighted by Gasteiger charge is 2.36. The molecule has 1 aliphatic rings. The molecule has 0 N–H and O–H groups in total. The molecule has 4 nitrogen and oxygen atoms in total. The van der Waals surface area contributed by atoms with Crippen molar-refractivity contribution < 1.29 is 19.1 Å².